The normalized spacial score (nSPS) is 11.4. The van der Waals surface area contributed by atoms with Crippen LogP contribution < -0.4 is 10.6 Å². The number of hydrogen-bond donors (Lipinski definition) is 2. The van der Waals surface area contributed by atoms with Crippen molar-refractivity contribution in [3.8, 4) is 0 Å². The number of benzene rings is 1. The predicted octanol–water partition coefficient (Wildman–Crippen LogP) is 2.58. The first-order chi connectivity index (χ1) is 11.1. The van der Waals surface area contributed by atoms with E-state index in [2.05, 4.69) is 20.6 Å². The second kappa shape index (κ2) is 8.22. The van der Waals surface area contributed by atoms with Crippen LogP contribution in [0, 0.1) is 18.6 Å². The van der Waals surface area contributed by atoms with Crippen molar-refractivity contribution in [2.75, 3.05) is 13.6 Å². The lowest BCUT2D eigenvalue weighted by molar-refractivity contribution is 0.581. The second-order valence-electron chi connectivity index (χ2n) is 5.15. The fraction of sp³-hybridized carbons (Fsp3) is 0.294. The molecule has 4 nitrogen and oxygen atoms in total. The average molecular weight is 318 g/mol. The Morgan fingerprint density at radius 2 is 2.00 bits per heavy atom. The molecule has 2 aromatic rings. The van der Waals surface area contributed by atoms with Gasteiger partial charge in [0, 0.05) is 37.6 Å². The van der Waals surface area contributed by atoms with Crippen LogP contribution in [0.5, 0.6) is 0 Å². The van der Waals surface area contributed by atoms with Crippen molar-refractivity contribution in [2.24, 2.45) is 4.99 Å². The van der Waals surface area contributed by atoms with Crippen molar-refractivity contribution in [3.05, 3.63) is 65.0 Å². The van der Waals surface area contributed by atoms with Gasteiger partial charge in [0.15, 0.2) is 5.96 Å². The van der Waals surface area contributed by atoms with Crippen LogP contribution in [0.3, 0.4) is 0 Å². The van der Waals surface area contributed by atoms with Crippen LogP contribution in [0.1, 0.15) is 16.8 Å². The Bertz CT molecular complexity index is 669. The van der Waals surface area contributed by atoms with E-state index < -0.39 is 11.6 Å². The van der Waals surface area contributed by atoms with Crippen LogP contribution in [0.4, 0.5) is 8.78 Å². The van der Waals surface area contributed by atoms with Crippen molar-refractivity contribution in [1.29, 1.82) is 0 Å². The van der Waals surface area contributed by atoms with E-state index in [4.69, 9.17) is 0 Å². The van der Waals surface area contributed by atoms with E-state index in [9.17, 15) is 8.78 Å². The van der Waals surface area contributed by atoms with E-state index in [0.29, 0.717) is 12.5 Å². The number of aliphatic imine (C=N–C) groups is 1. The minimum Gasteiger partial charge on any atom is -0.356 e. The Labute approximate surface area is 134 Å². The number of guanidine groups is 1. The molecule has 0 bridgehead atoms. The van der Waals surface area contributed by atoms with Crippen LogP contribution in [0.2, 0.25) is 0 Å². The standard InChI is InChI=1S/C17H20F2N4/c1-12-3-4-13(10-22-12)7-8-21-17(20-2)23-11-14-9-15(18)5-6-16(14)19/h3-6,9-10H,7-8,11H2,1-2H3,(H2,20,21,23). The summed E-state index contributed by atoms with van der Waals surface area (Å²) in [5.74, 6) is -0.369. The van der Waals surface area contributed by atoms with Crippen LogP contribution >= 0.6 is 0 Å². The maximum absolute atomic E-state index is 13.6. The van der Waals surface area contributed by atoms with E-state index in [-0.39, 0.29) is 12.1 Å². The third-order valence-corrected chi connectivity index (χ3v) is 3.36. The third kappa shape index (κ3) is 5.32. The number of hydrogen-bond acceptors (Lipinski definition) is 2. The minimum absolute atomic E-state index is 0.162. The van der Waals surface area contributed by atoms with Crippen molar-refractivity contribution in [2.45, 2.75) is 19.9 Å². The van der Waals surface area contributed by atoms with E-state index in [1.165, 1.54) is 6.07 Å². The molecule has 0 aliphatic carbocycles. The highest BCUT2D eigenvalue weighted by Crippen LogP contribution is 2.09. The van der Waals surface area contributed by atoms with Gasteiger partial charge >= 0.3 is 0 Å². The fourth-order valence-electron chi connectivity index (χ4n) is 2.05. The Kier molecular flexibility index (Phi) is 6.02. The van der Waals surface area contributed by atoms with Crippen molar-refractivity contribution in [3.63, 3.8) is 0 Å². The molecule has 0 aliphatic heterocycles. The summed E-state index contributed by atoms with van der Waals surface area (Å²) in [6.07, 6.45) is 2.64. The van der Waals surface area contributed by atoms with Crippen LogP contribution in [-0.2, 0) is 13.0 Å². The van der Waals surface area contributed by atoms with Gasteiger partial charge in [-0.05, 0) is 43.2 Å². The van der Waals surface area contributed by atoms with Crippen molar-refractivity contribution < 1.29 is 8.78 Å². The van der Waals surface area contributed by atoms with Gasteiger partial charge in [-0.3, -0.25) is 9.98 Å². The summed E-state index contributed by atoms with van der Waals surface area (Å²) >= 11 is 0. The van der Waals surface area contributed by atoms with Crippen LogP contribution in [-0.4, -0.2) is 24.5 Å². The first-order valence-corrected chi connectivity index (χ1v) is 7.38. The molecular formula is C17H20F2N4. The smallest absolute Gasteiger partial charge is 0.191 e. The highest BCUT2D eigenvalue weighted by atomic mass is 19.1. The van der Waals surface area contributed by atoms with Gasteiger partial charge in [-0.25, -0.2) is 8.78 Å². The molecule has 0 fully saturated rings. The first kappa shape index (κ1) is 16.9. The fourth-order valence-corrected chi connectivity index (χ4v) is 2.05. The summed E-state index contributed by atoms with van der Waals surface area (Å²) in [6.45, 7) is 2.77. The number of nitrogens with zero attached hydrogens (tertiary/aromatic N) is 2. The SMILES string of the molecule is CN=C(NCCc1ccc(C)nc1)NCc1cc(F)ccc1F. The maximum Gasteiger partial charge on any atom is 0.191 e. The average Bonchev–Trinajstić information content (AvgIpc) is 2.55. The molecule has 0 spiro atoms. The van der Waals surface area contributed by atoms with Gasteiger partial charge in [-0.2, -0.15) is 0 Å². The van der Waals surface area contributed by atoms with Gasteiger partial charge in [0.25, 0.3) is 0 Å². The van der Waals surface area contributed by atoms with Gasteiger partial charge < -0.3 is 10.6 Å². The van der Waals surface area contributed by atoms with Crippen LogP contribution in [0.15, 0.2) is 41.5 Å². The molecule has 0 amide bonds. The summed E-state index contributed by atoms with van der Waals surface area (Å²) in [5, 5.41) is 6.10. The largest absolute Gasteiger partial charge is 0.356 e. The molecule has 0 saturated heterocycles. The predicted molar refractivity (Wildman–Crippen MR) is 87.2 cm³/mol. The number of rotatable bonds is 5. The van der Waals surface area contributed by atoms with Crippen LogP contribution in [0.25, 0.3) is 0 Å². The summed E-state index contributed by atoms with van der Waals surface area (Å²) in [4.78, 5) is 8.30. The molecule has 6 heteroatoms. The van der Waals surface area contributed by atoms with Crippen molar-refractivity contribution >= 4 is 5.96 Å². The van der Waals surface area contributed by atoms with Crippen molar-refractivity contribution in [1.82, 2.24) is 15.6 Å². The van der Waals surface area contributed by atoms with E-state index >= 15 is 0 Å². The topological polar surface area (TPSA) is 49.3 Å². The van der Waals surface area contributed by atoms with Gasteiger partial charge in [-0.15, -0.1) is 0 Å². The first-order valence-electron chi connectivity index (χ1n) is 7.38. The molecule has 1 aromatic carbocycles. The Morgan fingerprint density at radius 1 is 1.17 bits per heavy atom. The number of pyridine rings is 1. The van der Waals surface area contributed by atoms with Gasteiger partial charge in [0.1, 0.15) is 11.6 Å². The molecule has 1 heterocycles. The Morgan fingerprint density at radius 3 is 2.70 bits per heavy atom. The lowest BCUT2D eigenvalue weighted by Gasteiger charge is -2.12. The summed E-state index contributed by atoms with van der Waals surface area (Å²) < 4.78 is 26.7. The van der Waals surface area contributed by atoms with E-state index in [0.717, 1.165) is 29.8 Å². The molecule has 0 saturated carbocycles. The quantitative estimate of drug-likeness (QED) is 0.658. The summed E-state index contributed by atoms with van der Waals surface area (Å²) in [5.41, 5.74) is 2.36. The lowest BCUT2D eigenvalue weighted by Crippen LogP contribution is -2.38. The zero-order chi connectivity index (χ0) is 16.7. The Hall–Kier alpha value is -2.50. The number of aryl methyl sites for hydroxylation is 1. The highest BCUT2D eigenvalue weighted by molar-refractivity contribution is 5.79. The second-order valence-corrected chi connectivity index (χ2v) is 5.15. The molecule has 23 heavy (non-hydrogen) atoms. The molecule has 0 atom stereocenters. The minimum atomic E-state index is -0.460. The Balaban J connectivity index is 1.81. The van der Waals surface area contributed by atoms with E-state index in [1.54, 1.807) is 7.05 Å². The summed E-state index contributed by atoms with van der Waals surface area (Å²) in [7, 11) is 1.63. The molecule has 0 radical (unpaired) electrons. The zero-order valence-electron chi connectivity index (χ0n) is 13.2. The lowest BCUT2D eigenvalue weighted by atomic mass is 10.2. The highest BCUT2D eigenvalue weighted by Gasteiger charge is 2.05. The molecule has 2 N–H and O–H groups in total. The number of halogens is 2. The molecule has 1 aromatic heterocycles. The third-order valence-electron chi connectivity index (χ3n) is 3.36. The molecular weight excluding hydrogens is 298 g/mol. The monoisotopic (exact) mass is 318 g/mol. The van der Waals surface area contributed by atoms with Gasteiger partial charge in [0.05, 0.1) is 0 Å². The van der Waals surface area contributed by atoms with Gasteiger partial charge in [-0.1, -0.05) is 6.07 Å². The molecule has 0 aliphatic rings. The molecule has 122 valence electrons. The van der Waals surface area contributed by atoms with E-state index in [1.807, 2.05) is 25.3 Å². The molecule has 2 rings (SSSR count). The number of aromatic nitrogens is 1. The maximum atomic E-state index is 13.6. The summed E-state index contributed by atoms with van der Waals surface area (Å²) in [6, 6.07) is 7.39. The van der Waals surface area contributed by atoms with Gasteiger partial charge in [0.2, 0.25) is 0 Å². The zero-order valence-corrected chi connectivity index (χ0v) is 13.2. The number of nitrogens with one attached hydrogen (secondary N) is 2. The molecule has 0 unspecified atom stereocenters.